The fourth-order valence-corrected chi connectivity index (χ4v) is 5.03. The van der Waals surface area contributed by atoms with Crippen molar-refractivity contribution in [3.8, 4) is 0 Å². The summed E-state index contributed by atoms with van der Waals surface area (Å²) < 4.78 is 0. The van der Waals surface area contributed by atoms with Crippen LogP contribution in [0.1, 0.15) is 107 Å². The molecule has 0 aliphatic rings. The lowest BCUT2D eigenvalue weighted by atomic mass is 9.48. The number of unbranched alkanes of at least 4 members (excludes halogenated alkanes) is 1. The second kappa shape index (κ2) is 9.21. The van der Waals surface area contributed by atoms with Crippen molar-refractivity contribution in [2.75, 3.05) is 0 Å². The topological polar surface area (TPSA) is 0 Å². The molecule has 0 heterocycles. The zero-order valence-corrected chi connectivity index (χ0v) is 16.6. The average molecular weight is 296 g/mol. The van der Waals surface area contributed by atoms with Crippen LogP contribution in [-0.2, 0) is 0 Å². The standard InChI is InChI=1S/C21H43/c1-10-13-15-21(18(6)7,19(8)16-17(4)5)20(9,12-3)14-11-2/h17-18H,10-16H2,1-9H3. The Morgan fingerprint density at radius 1 is 0.905 bits per heavy atom. The molecule has 0 nitrogen and oxygen atoms in total. The second-order valence-corrected chi connectivity index (χ2v) is 8.27. The van der Waals surface area contributed by atoms with Gasteiger partial charge in [0.15, 0.2) is 0 Å². The van der Waals surface area contributed by atoms with Crippen LogP contribution in [0.2, 0.25) is 0 Å². The van der Waals surface area contributed by atoms with Gasteiger partial charge < -0.3 is 0 Å². The molecule has 0 amide bonds. The summed E-state index contributed by atoms with van der Waals surface area (Å²) in [5.41, 5.74) is 0.863. The van der Waals surface area contributed by atoms with Crippen molar-refractivity contribution in [2.24, 2.45) is 22.7 Å². The fourth-order valence-electron chi connectivity index (χ4n) is 5.03. The maximum Gasteiger partial charge on any atom is -0.0161 e. The molecular formula is C21H43. The van der Waals surface area contributed by atoms with Gasteiger partial charge in [0.1, 0.15) is 0 Å². The van der Waals surface area contributed by atoms with Crippen molar-refractivity contribution < 1.29 is 0 Å². The summed E-state index contributed by atoms with van der Waals surface area (Å²) in [7, 11) is 0. The lowest BCUT2D eigenvalue weighted by molar-refractivity contribution is -0.0117. The van der Waals surface area contributed by atoms with Gasteiger partial charge in [-0.15, -0.1) is 0 Å². The molecule has 0 aromatic heterocycles. The minimum Gasteiger partial charge on any atom is -0.0654 e. The van der Waals surface area contributed by atoms with Crippen molar-refractivity contribution in [1.29, 1.82) is 0 Å². The number of hydrogen-bond donors (Lipinski definition) is 0. The van der Waals surface area contributed by atoms with E-state index >= 15 is 0 Å². The predicted octanol–water partition coefficient (Wildman–Crippen LogP) is 7.68. The van der Waals surface area contributed by atoms with Gasteiger partial charge in [0.25, 0.3) is 0 Å². The summed E-state index contributed by atoms with van der Waals surface area (Å²) in [6.45, 7) is 21.9. The van der Waals surface area contributed by atoms with E-state index in [0.717, 1.165) is 11.8 Å². The third-order valence-corrected chi connectivity index (χ3v) is 6.05. The molecule has 0 aromatic carbocycles. The van der Waals surface area contributed by atoms with E-state index in [1.807, 2.05) is 0 Å². The molecular weight excluding hydrogens is 252 g/mol. The average Bonchev–Trinajstić information content (AvgIpc) is 2.38. The van der Waals surface area contributed by atoms with E-state index in [4.69, 9.17) is 0 Å². The summed E-state index contributed by atoms with van der Waals surface area (Å²) >= 11 is 0. The molecule has 2 unspecified atom stereocenters. The highest BCUT2D eigenvalue weighted by Gasteiger charge is 2.51. The van der Waals surface area contributed by atoms with Gasteiger partial charge in [-0.05, 0) is 47.8 Å². The molecule has 0 heteroatoms. The highest BCUT2D eigenvalue weighted by molar-refractivity contribution is 5.13. The summed E-state index contributed by atoms with van der Waals surface area (Å²) in [6, 6.07) is 0. The Hall–Kier alpha value is 0. The zero-order chi connectivity index (χ0) is 16.7. The molecule has 127 valence electrons. The van der Waals surface area contributed by atoms with Crippen molar-refractivity contribution in [2.45, 2.75) is 107 Å². The first-order valence-corrected chi connectivity index (χ1v) is 9.54. The molecule has 0 spiro atoms. The van der Waals surface area contributed by atoms with Crippen molar-refractivity contribution >= 4 is 0 Å². The molecule has 0 rings (SSSR count). The molecule has 0 saturated carbocycles. The Balaban J connectivity index is 5.76. The summed E-state index contributed by atoms with van der Waals surface area (Å²) in [4.78, 5) is 0. The van der Waals surface area contributed by atoms with Crippen LogP contribution in [0.4, 0.5) is 0 Å². The maximum absolute atomic E-state index is 2.58. The first-order valence-electron chi connectivity index (χ1n) is 9.54. The van der Waals surface area contributed by atoms with Gasteiger partial charge >= 0.3 is 0 Å². The SMILES string of the molecule is CCCCC([C](C)CC(C)C)(C(C)C)C(C)(CC)CCC. The lowest BCUT2D eigenvalue weighted by Crippen LogP contribution is -2.48. The minimum absolute atomic E-state index is 0.415. The summed E-state index contributed by atoms with van der Waals surface area (Å²) in [5.74, 6) is 3.28. The van der Waals surface area contributed by atoms with E-state index in [1.54, 1.807) is 5.92 Å². The van der Waals surface area contributed by atoms with Crippen molar-refractivity contribution in [3.63, 3.8) is 0 Å². The Bertz CT molecular complexity index is 265. The molecule has 0 aliphatic heterocycles. The normalized spacial score (nSPS) is 18.3. The van der Waals surface area contributed by atoms with E-state index in [2.05, 4.69) is 62.3 Å². The highest BCUT2D eigenvalue weighted by atomic mass is 14.5. The Labute approximate surface area is 136 Å². The second-order valence-electron chi connectivity index (χ2n) is 8.27. The quantitative estimate of drug-likeness (QED) is 0.366. The molecule has 2 atom stereocenters. The van der Waals surface area contributed by atoms with Crippen molar-refractivity contribution in [3.05, 3.63) is 5.92 Å². The molecule has 0 bridgehead atoms. The van der Waals surface area contributed by atoms with Gasteiger partial charge in [-0.1, -0.05) is 88.0 Å². The van der Waals surface area contributed by atoms with Crippen LogP contribution < -0.4 is 0 Å². The first-order chi connectivity index (χ1) is 9.71. The molecule has 1 radical (unpaired) electrons. The van der Waals surface area contributed by atoms with Crippen LogP contribution in [0.25, 0.3) is 0 Å². The van der Waals surface area contributed by atoms with E-state index < -0.39 is 0 Å². The lowest BCUT2D eigenvalue weighted by Gasteiger charge is -2.56. The zero-order valence-electron chi connectivity index (χ0n) is 16.6. The summed E-state index contributed by atoms with van der Waals surface area (Å²) in [6.07, 6.45) is 9.33. The van der Waals surface area contributed by atoms with Crippen LogP contribution in [0.5, 0.6) is 0 Å². The smallest absolute Gasteiger partial charge is 0.0161 e. The van der Waals surface area contributed by atoms with Gasteiger partial charge in [-0.3, -0.25) is 0 Å². The van der Waals surface area contributed by atoms with Crippen LogP contribution in [-0.4, -0.2) is 0 Å². The first kappa shape index (κ1) is 21.0. The monoisotopic (exact) mass is 295 g/mol. The van der Waals surface area contributed by atoms with Crippen LogP contribution >= 0.6 is 0 Å². The van der Waals surface area contributed by atoms with Crippen LogP contribution in [0.3, 0.4) is 0 Å². The van der Waals surface area contributed by atoms with Crippen LogP contribution in [0.15, 0.2) is 0 Å². The highest BCUT2D eigenvalue weighted by Crippen LogP contribution is 2.59. The Morgan fingerprint density at radius 3 is 1.81 bits per heavy atom. The van der Waals surface area contributed by atoms with Gasteiger partial charge in [0, 0.05) is 0 Å². The minimum atomic E-state index is 0.415. The third-order valence-electron chi connectivity index (χ3n) is 6.05. The summed E-state index contributed by atoms with van der Waals surface area (Å²) in [5, 5.41) is 0. The van der Waals surface area contributed by atoms with E-state index in [9.17, 15) is 0 Å². The molecule has 0 fully saturated rings. The maximum atomic E-state index is 2.58. The largest absolute Gasteiger partial charge is 0.0654 e. The molecule has 0 N–H and O–H groups in total. The fraction of sp³-hybridized carbons (Fsp3) is 0.952. The van der Waals surface area contributed by atoms with Gasteiger partial charge in [0.05, 0.1) is 0 Å². The van der Waals surface area contributed by atoms with E-state index in [0.29, 0.717) is 10.8 Å². The number of hydrogen-bond acceptors (Lipinski definition) is 0. The van der Waals surface area contributed by atoms with E-state index in [1.165, 1.54) is 44.9 Å². The van der Waals surface area contributed by atoms with Crippen LogP contribution in [0, 0.1) is 28.6 Å². The predicted molar refractivity (Wildman–Crippen MR) is 98.5 cm³/mol. The Morgan fingerprint density at radius 2 is 1.48 bits per heavy atom. The Kier molecular flexibility index (Phi) is 9.21. The molecule has 0 aromatic rings. The van der Waals surface area contributed by atoms with Gasteiger partial charge in [-0.25, -0.2) is 0 Å². The van der Waals surface area contributed by atoms with E-state index in [-0.39, 0.29) is 0 Å². The van der Waals surface area contributed by atoms with Gasteiger partial charge in [0.2, 0.25) is 0 Å². The molecule has 0 saturated heterocycles. The number of rotatable bonds is 11. The molecule has 0 aliphatic carbocycles. The van der Waals surface area contributed by atoms with Gasteiger partial charge in [-0.2, -0.15) is 0 Å². The van der Waals surface area contributed by atoms with Crippen molar-refractivity contribution in [1.82, 2.24) is 0 Å². The third kappa shape index (κ3) is 4.73. The molecule has 21 heavy (non-hydrogen) atoms.